The lowest BCUT2D eigenvalue weighted by Crippen LogP contribution is -2.29. The van der Waals surface area contributed by atoms with E-state index in [1.165, 1.54) is 250 Å². The molecule has 0 aliphatic heterocycles. The summed E-state index contributed by atoms with van der Waals surface area (Å²) in [7, 11) is 0. The van der Waals surface area contributed by atoms with E-state index < -0.39 is 6.10 Å². The van der Waals surface area contributed by atoms with Crippen molar-refractivity contribution < 1.29 is 23.8 Å². The summed E-state index contributed by atoms with van der Waals surface area (Å²) >= 11 is 0. The van der Waals surface area contributed by atoms with Crippen molar-refractivity contribution in [1.82, 2.24) is 0 Å². The second-order valence-corrected chi connectivity index (χ2v) is 20.3. The van der Waals surface area contributed by atoms with Crippen molar-refractivity contribution >= 4 is 11.9 Å². The smallest absolute Gasteiger partial charge is 0.305 e. The number of esters is 2. The normalized spacial score (nSPS) is 12.2. The Hall–Kier alpha value is -1.62. The molecule has 5 heteroatoms. The Morgan fingerprint density at radius 3 is 0.909 bits per heavy atom. The van der Waals surface area contributed by atoms with Crippen molar-refractivity contribution in [1.29, 1.82) is 0 Å². The Bertz CT molecular complexity index is 1010. The molecule has 5 nitrogen and oxygen atoms in total. The van der Waals surface area contributed by atoms with Crippen LogP contribution in [0.2, 0.25) is 0 Å². The Morgan fingerprint density at radius 1 is 0.318 bits per heavy atom. The molecule has 66 heavy (non-hydrogen) atoms. The molecule has 0 N–H and O–H groups in total. The van der Waals surface area contributed by atoms with Crippen LogP contribution in [0.1, 0.15) is 329 Å². The van der Waals surface area contributed by atoms with Crippen LogP contribution in [0.3, 0.4) is 0 Å². The van der Waals surface area contributed by atoms with Crippen molar-refractivity contribution in [2.45, 2.75) is 335 Å². The van der Waals surface area contributed by atoms with Crippen LogP contribution in [0.5, 0.6) is 0 Å². The number of hydrogen-bond donors (Lipinski definition) is 0. The third-order valence-electron chi connectivity index (χ3n) is 13.5. The highest BCUT2D eigenvalue weighted by atomic mass is 16.6. The Balaban J connectivity index is 4.20. The summed E-state index contributed by atoms with van der Waals surface area (Å²) in [6.45, 7) is 7.78. The van der Waals surface area contributed by atoms with Gasteiger partial charge in [0.1, 0.15) is 19.3 Å². The summed E-state index contributed by atoms with van der Waals surface area (Å²) in [4.78, 5) is 25.3. The molecule has 0 heterocycles. The molecule has 0 radical (unpaired) electrons. The molecule has 0 aromatic rings. The number of allylic oxidation sites excluding steroid dienone is 4. The molecule has 0 fully saturated rings. The zero-order valence-corrected chi connectivity index (χ0v) is 45.0. The summed E-state index contributed by atoms with van der Waals surface area (Å²) in [6.07, 6.45) is 69.3. The van der Waals surface area contributed by atoms with E-state index in [-0.39, 0.29) is 25.2 Å². The highest BCUT2D eigenvalue weighted by molar-refractivity contribution is 5.69. The highest BCUT2D eigenvalue weighted by Crippen LogP contribution is 2.17. The molecule has 0 aliphatic carbocycles. The molecule has 1 atom stereocenters. The average molecular weight is 930 g/mol. The predicted molar refractivity (Wildman–Crippen MR) is 289 cm³/mol. The van der Waals surface area contributed by atoms with Gasteiger partial charge in [-0.05, 0) is 51.4 Å². The van der Waals surface area contributed by atoms with E-state index in [2.05, 4.69) is 45.1 Å². The number of ether oxygens (including phenoxy) is 3. The second-order valence-electron chi connectivity index (χ2n) is 20.3. The SMILES string of the molecule is CCCCC/C=C\C/C=C\CCCCCCCCCCCC(=O)OC[C@H](COC(=O)CCCCCCCCCCCCCCCCC)OCCCCCCCCCCCCCCCCCC. The molecule has 0 unspecified atom stereocenters. The van der Waals surface area contributed by atoms with Crippen LogP contribution in [-0.4, -0.2) is 37.9 Å². The van der Waals surface area contributed by atoms with E-state index in [4.69, 9.17) is 14.2 Å². The summed E-state index contributed by atoms with van der Waals surface area (Å²) in [6, 6.07) is 0. The van der Waals surface area contributed by atoms with Crippen molar-refractivity contribution in [3.63, 3.8) is 0 Å². The van der Waals surface area contributed by atoms with E-state index in [0.29, 0.717) is 19.4 Å². The largest absolute Gasteiger partial charge is 0.463 e. The van der Waals surface area contributed by atoms with E-state index >= 15 is 0 Å². The minimum absolute atomic E-state index is 0.156. The van der Waals surface area contributed by atoms with Gasteiger partial charge in [0, 0.05) is 19.4 Å². The molecule has 0 bridgehead atoms. The van der Waals surface area contributed by atoms with Crippen LogP contribution >= 0.6 is 0 Å². The quantitative estimate of drug-likeness (QED) is 0.0345. The maximum absolute atomic E-state index is 12.7. The van der Waals surface area contributed by atoms with Gasteiger partial charge in [0.15, 0.2) is 0 Å². The molecule has 0 rings (SSSR count). The minimum Gasteiger partial charge on any atom is -0.463 e. The lowest BCUT2D eigenvalue weighted by atomic mass is 10.0. The maximum atomic E-state index is 12.7. The first kappa shape index (κ1) is 64.4. The van der Waals surface area contributed by atoms with Gasteiger partial charge in [0.2, 0.25) is 0 Å². The minimum atomic E-state index is -0.395. The molecule has 0 spiro atoms. The summed E-state index contributed by atoms with van der Waals surface area (Å²) in [5.41, 5.74) is 0. The van der Waals surface area contributed by atoms with Gasteiger partial charge in [-0.25, -0.2) is 0 Å². The molecule has 0 aromatic heterocycles. The zero-order chi connectivity index (χ0) is 47.7. The number of rotatable bonds is 56. The third-order valence-corrected chi connectivity index (χ3v) is 13.5. The Morgan fingerprint density at radius 2 is 0.576 bits per heavy atom. The average Bonchev–Trinajstić information content (AvgIpc) is 3.32. The van der Waals surface area contributed by atoms with Crippen molar-refractivity contribution in [3.05, 3.63) is 24.3 Å². The topological polar surface area (TPSA) is 61.8 Å². The fourth-order valence-electron chi connectivity index (χ4n) is 8.99. The molecule has 0 aromatic carbocycles. The molecule has 390 valence electrons. The van der Waals surface area contributed by atoms with Gasteiger partial charge in [-0.1, -0.05) is 289 Å². The number of hydrogen-bond acceptors (Lipinski definition) is 5. The molecule has 0 saturated carbocycles. The van der Waals surface area contributed by atoms with Crippen molar-refractivity contribution in [2.75, 3.05) is 19.8 Å². The van der Waals surface area contributed by atoms with Crippen molar-refractivity contribution in [2.24, 2.45) is 0 Å². The first-order valence-electron chi connectivity index (χ1n) is 29.9. The first-order valence-corrected chi connectivity index (χ1v) is 29.9. The highest BCUT2D eigenvalue weighted by Gasteiger charge is 2.16. The Labute approximate surface area is 413 Å². The lowest BCUT2D eigenvalue weighted by molar-refractivity contribution is -0.155. The molecular weight excluding hydrogens is 813 g/mol. The van der Waals surface area contributed by atoms with Gasteiger partial charge >= 0.3 is 11.9 Å². The van der Waals surface area contributed by atoms with E-state index in [1.807, 2.05) is 0 Å². The fourth-order valence-corrected chi connectivity index (χ4v) is 8.99. The van der Waals surface area contributed by atoms with E-state index in [0.717, 1.165) is 44.9 Å². The molecule has 0 amide bonds. The van der Waals surface area contributed by atoms with Crippen LogP contribution in [0.25, 0.3) is 0 Å². The standard InChI is InChI=1S/C61H116O5/c1-4-7-10-13-16-19-22-25-28-30-31-32-34-37-40-43-46-49-52-55-61(63)66-58-59(64-56-53-50-47-44-41-38-35-29-26-23-20-17-14-11-8-5-2)57-65-60(62)54-51-48-45-42-39-36-33-27-24-21-18-15-12-9-6-3/h16,19,25,28,59H,4-15,17-18,20-24,26-27,29-58H2,1-3H3/b19-16-,28-25-/t59-/m0/s1. The van der Waals surface area contributed by atoms with Crippen LogP contribution in [0.4, 0.5) is 0 Å². The Kier molecular flexibility index (Phi) is 56.3. The van der Waals surface area contributed by atoms with Crippen LogP contribution in [0, 0.1) is 0 Å². The summed E-state index contributed by atoms with van der Waals surface area (Å²) in [5, 5.41) is 0. The van der Waals surface area contributed by atoms with Gasteiger partial charge in [-0.15, -0.1) is 0 Å². The monoisotopic (exact) mass is 929 g/mol. The number of carbonyl (C=O) groups is 2. The van der Waals surface area contributed by atoms with Crippen LogP contribution in [0.15, 0.2) is 24.3 Å². The van der Waals surface area contributed by atoms with Crippen LogP contribution in [-0.2, 0) is 23.8 Å². The zero-order valence-electron chi connectivity index (χ0n) is 45.0. The molecule has 0 saturated heterocycles. The number of unbranched alkanes of at least 4 members (excludes halogenated alkanes) is 41. The van der Waals surface area contributed by atoms with Crippen LogP contribution < -0.4 is 0 Å². The maximum Gasteiger partial charge on any atom is 0.305 e. The van der Waals surface area contributed by atoms with Gasteiger partial charge in [-0.3, -0.25) is 9.59 Å². The first-order chi connectivity index (χ1) is 32.6. The van der Waals surface area contributed by atoms with Crippen molar-refractivity contribution in [3.8, 4) is 0 Å². The predicted octanol–water partition coefficient (Wildman–Crippen LogP) is 20.4. The second kappa shape index (κ2) is 57.7. The van der Waals surface area contributed by atoms with Gasteiger partial charge in [0.25, 0.3) is 0 Å². The van der Waals surface area contributed by atoms with E-state index in [1.54, 1.807) is 0 Å². The third kappa shape index (κ3) is 55.0. The lowest BCUT2D eigenvalue weighted by Gasteiger charge is -2.18. The summed E-state index contributed by atoms with van der Waals surface area (Å²) in [5.74, 6) is -0.316. The van der Waals surface area contributed by atoms with Gasteiger partial charge in [-0.2, -0.15) is 0 Å². The molecule has 0 aliphatic rings. The molecular formula is C61H116O5. The fraction of sp³-hybridized carbons (Fsp3) is 0.902. The van der Waals surface area contributed by atoms with E-state index in [9.17, 15) is 9.59 Å². The number of carbonyl (C=O) groups excluding carboxylic acids is 2. The summed E-state index contributed by atoms with van der Waals surface area (Å²) < 4.78 is 17.5. The van der Waals surface area contributed by atoms with Gasteiger partial charge in [0.05, 0.1) is 0 Å². The van der Waals surface area contributed by atoms with Gasteiger partial charge < -0.3 is 14.2 Å².